The highest BCUT2D eigenvalue weighted by atomic mass is 15.2. The number of fused-ring (bicyclic) bond motifs is 1. The zero-order valence-electron chi connectivity index (χ0n) is 9.54. The van der Waals surface area contributed by atoms with Crippen molar-refractivity contribution in [1.82, 2.24) is 20.2 Å². The second-order valence-corrected chi connectivity index (χ2v) is 3.84. The fourth-order valence-corrected chi connectivity index (χ4v) is 1.74. The summed E-state index contributed by atoms with van der Waals surface area (Å²) in [5, 5.41) is 7.58. The quantitative estimate of drug-likeness (QED) is 0.715. The van der Waals surface area contributed by atoms with E-state index in [0.29, 0.717) is 5.65 Å². The van der Waals surface area contributed by atoms with Gasteiger partial charge in [-0.1, -0.05) is 36.4 Å². The van der Waals surface area contributed by atoms with Crippen molar-refractivity contribution in [2.24, 2.45) is 0 Å². The lowest BCUT2D eigenvalue weighted by Gasteiger charge is -1.97. The summed E-state index contributed by atoms with van der Waals surface area (Å²) in [6.07, 6.45) is 5.58. The lowest BCUT2D eigenvalue weighted by Crippen LogP contribution is -1.96. The Hall–Kier alpha value is -2.69. The Morgan fingerprint density at radius 2 is 1.89 bits per heavy atom. The number of anilines is 1. The van der Waals surface area contributed by atoms with E-state index in [-0.39, 0.29) is 5.95 Å². The minimum absolute atomic E-state index is 0.236. The first-order chi connectivity index (χ1) is 8.83. The van der Waals surface area contributed by atoms with Crippen LogP contribution in [0.5, 0.6) is 0 Å². The first-order valence-electron chi connectivity index (χ1n) is 5.52. The minimum atomic E-state index is 0.236. The molecule has 0 radical (unpaired) electrons. The normalized spacial score (nSPS) is 11.3. The maximum atomic E-state index is 5.65. The predicted octanol–water partition coefficient (Wildman–Crippen LogP) is 2.11. The van der Waals surface area contributed by atoms with Crippen molar-refractivity contribution in [1.29, 1.82) is 0 Å². The molecule has 0 spiro atoms. The smallest absolute Gasteiger partial charge is 0.222 e. The van der Waals surface area contributed by atoms with E-state index in [0.717, 1.165) is 16.6 Å². The van der Waals surface area contributed by atoms with Gasteiger partial charge in [-0.2, -0.15) is 10.1 Å². The molecule has 0 saturated heterocycles. The summed E-state index contributed by atoms with van der Waals surface area (Å²) < 4.78 is 0. The van der Waals surface area contributed by atoms with Crippen LogP contribution in [-0.2, 0) is 0 Å². The summed E-state index contributed by atoms with van der Waals surface area (Å²) in [6.45, 7) is 0. The number of hydrogen-bond donors (Lipinski definition) is 2. The van der Waals surface area contributed by atoms with Gasteiger partial charge in [-0.15, -0.1) is 0 Å². The molecule has 0 aliphatic heterocycles. The third kappa shape index (κ3) is 1.93. The van der Waals surface area contributed by atoms with E-state index in [1.165, 1.54) is 0 Å². The third-order valence-electron chi connectivity index (χ3n) is 2.59. The van der Waals surface area contributed by atoms with Crippen LogP contribution in [0.1, 0.15) is 11.3 Å². The number of benzene rings is 1. The van der Waals surface area contributed by atoms with E-state index in [9.17, 15) is 0 Å². The van der Waals surface area contributed by atoms with Crippen LogP contribution >= 0.6 is 0 Å². The van der Waals surface area contributed by atoms with Crippen LogP contribution in [-0.4, -0.2) is 20.2 Å². The van der Waals surface area contributed by atoms with Gasteiger partial charge in [0, 0.05) is 0 Å². The lowest BCUT2D eigenvalue weighted by atomic mass is 10.2. The minimum Gasteiger partial charge on any atom is -0.368 e. The van der Waals surface area contributed by atoms with E-state index < -0.39 is 0 Å². The SMILES string of the molecule is Nc1nc(/C=C/c2ccccc2)c2cn[nH]c2n1. The Morgan fingerprint density at radius 3 is 2.72 bits per heavy atom. The van der Waals surface area contributed by atoms with Gasteiger partial charge in [0.25, 0.3) is 0 Å². The van der Waals surface area contributed by atoms with Crippen LogP contribution in [0.15, 0.2) is 36.5 Å². The summed E-state index contributed by atoms with van der Waals surface area (Å²) in [4.78, 5) is 8.27. The highest BCUT2D eigenvalue weighted by molar-refractivity contribution is 5.87. The molecule has 3 N–H and O–H groups in total. The number of nitrogens with zero attached hydrogens (tertiary/aromatic N) is 3. The molecular weight excluding hydrogens is 226 g/mol. The number of hydrogen-bond acceptors (Lipinski definition) is 4. The van der Waals surface area contributed by atoms with Gasteiger partial charge in [-0.05, 0) is 11.6 Å². The highest BCUT2D eigenvalue weighted by Crippen LogP contribution is 2.16. The van der Waals surface area contributed by atoms with Gasteiger partial charge < -0.3 is 5.73 Å². The molecule has 0 atom stereocenters. The van der Waals surface area contributed by atoms with Gasteiger partial charge in [-0.25, -0.2) is 4.98 Å². The molecule has 5 nitrogen and oxygen atoms in total. The molecule has 2 aromatic heterocycles. The van der Waals surface area contributed by atoms with E-state index in [1.54, 1.807) is 6.20 Å². The Bertz CT molecular complexity index is 700. The van der Waals surface area contributed by atoms with Crippen molar-refractivity contribution in [3.8, 4) is 0 Å². The van der Waals surface area contributed by atoms with Crippen LogP contribution in [0.4, 0.5) is 5.95 Å². The van der Waals surface area contributed by atoms with Gasteiger partial charge in [0.2, 0.25) is 5.95 Å². The Labute approximate surface area is 103 Å². The molecule has 0 aliphatic rings. The van der Waals surface area contributed by atoms with Crippen LogP contribution < -0.4 is 5.73 Å². The van der Waals surface area contributed by atoms with Crippen LogP contribution in [0.25, 0.3) is 23.2 Å². The Morgan fingerprint density at radius 1 is 1.06 bits per heavy atom. The molecule has 2 heterocycles. The zero-order chi connectivity index (χ0) is 12.4. The molecule has 0 fully saturated rings. The molecule has 3 aromatic rings. The number of nitrogen functional groups attached to an aromatic ring is 1. The van der Waals surface area contributed by atoms with Gasteiger partial charge >= 0.3 is 0 Å². The second-order valence-electron chi connectivity index (χ2n) is 3.84. The van der Waals surface area contributed by atoms with Crippen molar-refractivity contribution in [2.45, 2.75) is 0 Å². The first kappa shape index (κ1) is 10.5. The molecule has 0 amide bonds. The average molecular weight is 237 g/mol. The summed E-state index contributed by atoms with van der Waals surface area (Å²) in [5.41, 5.74) is 8.16. The van der Waals surface area contributed by atoms with Gasteiger partial charge in [0.05, 0.1) is 17.3 Å². The predicted molar refractivity (Wildman–Crippen MR) is 71.5 cm³/mol. The van der Waals surface area contributed by atoms with Crippen molar-refractivity contribution >= 4 is 29.1 Å². The summed E-state index contributed by atoms with van der Waals surface area (Å²) in [7, 11) is 0. The van der Waals surface area contributed by atoms with Gasteiger partial charge in [0.15, 0.2) is 5.65 Å². The lowest BCUT2D eigenvalue weighted by molar-refractivity contribution is 1.09. The average Bonchev–Trinajstić information content (AvgIpc) is 2.85. The molecule has 0 unspecified atom stereocenters. The van der Waals surface area contributed by atoms with E-state index >= 15 is 0 Å². The zero-order valence-corrected chi connectivity index (χ0v) is 9.54. The summed E-state index contributed by atoms with van der Waals surface area (Å²) >= 11 is 0. The maximum Gasteiger partial charge on any atom is 0.222 e. The topological polar surface area (TPSA) is 80.5 Å². The standard InChI is InChI=1S/C13H11N5/c14-13-16-11(10-8-15-18-12(10)17-13)7-6-9-4-2-1-3-5-9/h1-8H,(H3,14,15,16,17,18)/b7-6+. The molecule has 0 bridgehead atoms. The number of rotatable bonds is 2. The van der Waals surface area contributed by atoms with Crippen LogP contribution in [0.3, 0.4) is 0 Å². The van der Waals surface area contributed by atoms with Crippen LogP contribution in [0.2, 0.25) is 0 Å². The summed E-state index contributed by atoms with van der Waals surface area (Å²) in [6, 6.07) is 10.00. The summed E-state index contributed by atoms with van der Waals surface area (Å²) in [5.74, 6) is 0.236. The molecule has 3 rings (SSSR count). The number of aromatic amines is 1. The Kier molecular flexibility index (Phi) is 2.49. The highest BCUT2D eigenvalue weighted by Gasteiger charge is 2.04. The second kappa shape index (κ2) is 4.29. The molecule has 88 valence electrons. The van der Waals surface area contributed by atoms with Gasteiger partial charge in [-0.3, -0.25) is 5.10 Å². The van der Waals surface area contributed by atoms with E-state index in [4.69, 9.17) is 5.73 Å². The number of nitrogens with two attached hydrogens (primary N) is 1. The molecule has 18 heavy (non-hydrogen) atoms. The molecule has 1 aromatic carbocycles. The van der Waals surface area contributed by atoms with Crippen molar-refractivity contribution < 1.29 is 0 Å². The fourth-order valence-electron chi connectivity index (χ4n) is 1.74. The number of nitrogens with one attached hydrogen (secondary N) is 1. The molecule has 5 heteroatoms. The van der Waals surface area contributed by atoms with Crippen molar-refractivity contribution in [2.75, 3.05) is 5.73 Å². The van der Waals surface area contributed by atoms with Crippen molar-refractivity contribution in [3.63, 3.8) is 0 Å². The maximum absolute atomic E-state index is 5.65. The van der Waals surface area contributed by atoms with Gasteiger partial charge in [0.1, 0.15) is 0 Å². The van der Waals surface area contributed by atoms with E-state index in [1.807, 2.05) is 42.5 Å². The fraction of sp³-hybridized carbons (Fsp3) is 0. The van der Waals surface area contributed by atoms with Crippen molar-refractivity contribution in [3.05, 3.63) is 47.8 Å². The monoisotopic (exact) mass is 237 g/mol. The first-order valence-corrected chi connectivity index (χ1v) is 5.52. The largest absolute Gasteiger partial charge is 0.368 e. The number of H-pyrrole nitrogens is 1. The van der Waals surface area contributed by atoms with E-state index in [2.05, 4.69) is 20.2 Å². The molecular formula is C13H11N5. The molecule has 0 saturated carbocycles. The number of aromatic nitrogens is 4. The third-order valence-corrected chi connectivity index (χ3v) is 2.59. The van der Waals surface area contributed by atoms with Crippen LogP contribution in [0, 0.1) is 0 Å². The Balaban J connectivity index is 2.04. The molecule has 0 aliphatic carbocycles.